The van der Waals surface area contributed by atoms with E-state index in [1.807, 2.05) is 0 Å². The molecule has 0 spiro atoms. The Morgan fingerprint density at radius 1 is 0.614 bits per heavy atom. The fourth-order valence-corrected chi connectivity index (χ4v) is 3.88. The van der Waals surface area contributed by atoms with Gasteiger partial charge in [-0.15, -0.1) is 0 Å². The summed E-state index contributed by atoms with van der Waals surface area (Å²) < 4.78 is 69.3. The van der Waals surface area contributed by atoms with Crippen LogP contribution in [-0.2, 0) is 9.68 Å². The summed E-state index contributed by atoms with van der Waals surface area (Å²) in [5.74, 6) is -9.75. The van der Waals surface area contributed by atoms with E-state index in [1.165, 1.54) is 48.5 Å². The quantitative estimate of drug-likeness (QED) is 0.0777. The second-order valence-corrected chi connectivity index (χ2v) is 10.2. The summed E-state index contributed by atoms with van der Waals surface area (Å²) in [5.41, 5.74) is 1.88. The molecule has 0 aliphatic heterocycles. The molecule has 10 nitrogen and oxygen atoms in total. The first-order valence-electron chi connectivity index (χ1n) is 13.6. The third kappa shape index (κ3) is 7.62. The van der Waals surface area contributed by atoms with Crippen molar-refractivity contribution in [2.45, 2.75) is 39.5 Å². The summed E-state index contributed by atoms with van der Waals surface area (Å²) in [7, 11) is 0. The molecule has 44 heavy (non-hydrogen) atoms. The number of oxime groups is 2. The van der Waals surface area contributed by atoms with Crippen molar-refractivity contribution in [3.05, 3.63) is 71.8 Å². The van der Waals surface area contributed by atoms with Gasteiger partial charge in [0.2, 0.25) is 34.8 Å². The lowest BCUT2D eigenvalue weighted by Crippen LogP contribution is -2.12. The van der Waals surface area contributed by atoms with Crippen molar-refractivity contribution in [2.75, 3.05) is 10.6 Å². The number of carbonyl (C=O) groups excluding carboxylic acids is 2. The van der Waals surface area contributed by atoms with E-state index in [0.29, 0.717) is 23.3 Å². The molecule has 0 bridgehead atoms. The van der Waals surface area contributed by atoms with Crippen molar-refractivity contribution >= 4 is 35.0 Å². The van der Waals surface area contributed by atoms with E-state index in [-0.39, 0.29) is 22.9 Å². The first-order chi connectivity index (χ1) is 21.1. The molecule has 3 aromatic carbocycles. The fourth-order valence-electron chi connectivity index (χ4n) is 3.88. The summed E-state index contributed by atoms with van der Waals surface area (Å²) in [6.45, 7) is 3.51. The number of benzene rings is 3. The Hall–Kier alpha value is -5.14. The maximum Gasteiger partial charge on any atom is 0.437 e. The highest BCUT2D eigenvalue weighted by Gasteiger charge is 2.29. The normalized spacial score (nSPS) is 15.0. The van der Waals surface area contributed by atoms with E-state index < -0.39 is 47.0 Å². The number of carbonyl (C=O) groups is 2. The van der Waals surface area contributed by atoms with Crippen LogP contribution in [0.2, 0.25) is 0 Å². The molecular weight excluding hydrogens is 588 g/mol. The van der Waals surface area contributed by atoms with Gasteiger partial charge in [0.15, 0.2) is 0 Å². The van der Waals surface area contributed by atoms with Gasteiger partial charge in [0.25, 0.3) is 0 Å². The Balaban J connectivity index is 1.20. The Kier molecular flexibility index (Phi) is 8.97. The number of hydrogen-bond acceptors (Lipinski definition) is 8. The highest BCUT2D eigenvalue weighted by Crippen LogP contribution is 2.39. The largest absolute Gasteiger partial charge is 0.451 e. The van der Waals surface area contributed by atoms with Gasteiger partial charge in [0.05, 0.1) is 11.4 Å². The van der Waals surface area contributed by atoms with Crippen molar-refractivity contribution in [3.8, 4) is 23.0 Å². The number of amides is 2. The molecule has 2 aliphatic rings. The second-order valence-electron chi connectivity index (χ2n) is 10.2. The summed E-state index contributed by atoms with van der Waals surface area (Å²) in [6.07, 6.45) is 2.28. The summed E-state index contributed by atoms with van der Waals surface area (Å²) in [5, 5.41) is 12.3. The van der Waals surface area contributed by atoms with Crippen molar-refractivity contribution in [2.24, 2.45) is 22.1 Å². The van der Waals surface area contributed by atoms with Crippen LogP contribution in [0.5, 0.6) is 23.0 Å². The van der Waals surface area contributed by atoms with E-state index in [4.69, 9.17) is 19.1 Å². The van der Waals surface area contributed by atoms with Gasteiger partial charge >= 0.3 is 12.2 Å². The molecule has 2 saturated carbocycles. The third-order valence-electron chi connectivity index (χ3n) is 6.71. The highest BCUT2D eigenvalue weighted by molar-refractivity contribution is 5.89. The molecule has 2 aliphatic carbocycles. The van der Waals surface area contributed by atoms with Crippen LogP contribution < -0.4 is 20.1 Å². The highest BCUT2D eigenvalue weighted by atomic mass is 19.2. The minimum absolute atomic E-state index is 0.188. The van der Waals surface area contributed by atoms with Crippen LogP contribution in [0.15, 0.2) is 58.8 Å². The molecule has 0 unspecified atom stereocenters. The van der Waals surface area contributed by atoms with E-state index in [1.54, 1.807) is 13.8 Å². The maximum atomic E-state index is 14.8. The first kappa shape index (κ1) is 30.3. The second kappa shape index (κ2) is 13.0. The third-order valence-corrected chi connectivity index (χ3v) is 6.71. The summed E-state index contributed by atoms with van der Waals surface area (Å²) in [4.78, 5) is 33.3. The lowest BCUT2D eigenvalue weighted by atomic mass is 10.2. The van der Waals surface area contributed by atoms with Gasteiger partial charge in [-0.05, 0) is 88.1 Å². The van der Waals surface area contributed by atoms with Crippen LogP contribution in [-0.4, -0.2) is 23.6 Å². The molecule has 230 valence electrons. The average Bonchev–Trinajstić information content (AvgIpc) is 3.93. The number of rotatable bonds is 10. The van der Waals surface area contributed by atoms with Gasteiger partial charge < -0.3 is 9.47 Å². The number of halogens is 4. The minimum Gasteiger partial charge on any atom is -0.451 e. The van der Waals surface area contributed by atoms with E-state index in [9.17, 15) is 27.2 Å². The van der Waals surface area contributed by atoms with Gasteiger partial charge in [-0.3, -0.25) is 20.3 Å². The number of nitrogens with one attached hydrogen (secondary N) is 2. The van der Waals surface area contributed by atoms with Crippen molar-refractivity contribution in [1.82, 2.24) is 0 Å². The Labute approximate surface area is 248 Å². The van der Waals surface area contributed by atoms with Crippen LogP contribution in [0.3, 0.4) is 0 Å². The molecule has 2 fully saturated rings. The van der Waals surface area contributed by atoms with Gasteiger partial charge in [-0.25, -0.2) is 9.59 Å². The van der Waals surface area contributed by atoms with Crippen molar-refractivity contribution in [3.63, 3.8) is 0 Å². The molecule has 0 aromatic heterocycles. The SMILES string of the molecule is CC(=NOC(=O)Nc1ccc(Oc2c(F)c(F)c(Oc3ccc(NC(=O)ON=C(C)C4CC4)cc3)c(F)c2F)cc1)C1CC1. The van der Waals surface area contributed by atoms with Crippen LogP contribution in [0.1, 0.15) is 39.5 Å². The predicted molar refractivity (Wildman–Crippen MR) is 151 cm³/mol. The molecule has 3 aromatic rings. The average molecular weight is 615 g/mol. The molecule has 0 saturated heterocycles. The Morgan fingerprint density at radius 3 is 1.23 bits per heavy atom. The molecule has 0 heterocycles. The lowest BCUT2D eigenvalue weighted by molar-refractivity contribution is 0.165. The summed E-state index contributed by atoms with van der Waals surface area (Å²) >= 11 is 0. The van der Waals surface area contributed by atoms with Crippen LogP contribution in [0, 0.1) is 35.1 Å². The first-order valence-corrected chi connectivity index (χ1v) is 13.6. The van der Waals surface area contributed by atoms with Crippen molar-refractivity contribution < 1.29 is 46.3 Å². The van der Waals surface area contributed by atoms with Gasteiger partial charge in [-0.1, -0.05) is 10.3 Å². The monoisotopic (exact) mass is 614 g/mol. The van der Waals surface area contributed by atoms with Crippen molar-refractivity contribution in [1.29, 1.82) is 0 Å². The smallest absolute Gasteiger partial charge is 0.437 e. The number of nitrogens with zero attached hydrogens (tertiary/aromatic N) is 2. The standard InChI is InChI=1S/C30H26F4N4O6/c1-15(17-3-4-17)37-43-29(39)35-19-7-11-21(12-8-19)41-27-23(31)25(33)28(26(34)24(27)32)42-22-13-9-20(10-14-22)36-30(40)44-38-16(2)18-5-6-18/h7-14,17-18H,3-6H2,1-2H3,(H,35,39)(H,36,40). The van der Waals surface area contributed by atoms with E-state index in [2.05, 4.69) is 20.9 Å². The van der Waals surface area contributed by atoms with Crippen LogP contribution in [0.25, 0.3) is 0 Å². The molecule has 14 heteroatoms. The Bertz CT molecular complexity index is 1470. The Morgan fingerprint density at radius 2 is 0.932 bits per heavy atom. The van der Waals surface area contributed by atoms with E-state index >= 15 is 0 Å². The molecule has 5 rings (SSSR count). The topological polar surface area (TPSA) is 120 Å². The predicted octanol–water partition coefficient (Wildman–Crippen LogP) is 8.50. The van der Waals surface area contributed by atoms with Gasteiger partial charge in [-0.2, -0.15) is 17.6 Å². The maximum absolute atomic E-state index is 14.8. The molecule has 2 amide bonds. The number of hydrogen-bond donors (Lipinski definition) is 2. The number of ether oxygens (including phenoxy) is 2. The van der Waals surface area contributed by atoms with E-state index in [0.717, 1.165) is 25.7 Å². The summed E-state index contributed by atoms with van der Waals surface area (Å²) in [6, 6.07) is 10.1. The number of anilines is 2. The lowest BCUT2D eigenvalue weighted by Gasteiger charge is -2.14. The zero-order chi connectivity index (χ0) is 31.4. The molecule has 0 atom stereocenters. The van der Waals surface area contributed by atoms with Gasteiger partial charge in [0.1, 0.15) is 11.5 Å². The van der Waals surface area contributed by atoms with Crippen LogP contribution in [0.4, 0.5) is 38.5 Å². The molecule has 0 radical (unpaired) electrons. The van der Waals surface area contributed by atoms with Gasteiger partial charge in [0, 0.05) is 23.2 Å². The minimum atomic E-state index is -1.84. The zero-order valence-corrected chi connectivity index (χ0v) is 23.5. The van der Waals surface area contributed by atoms with Crippen LogP contribution >= 0.6 is 0 Å². The fraction of sp³-hybridized carbons (Fsp3) is 0.267. The molecule has 2 N–H and O–H groups in total. The molecular formula is C30H26F4N4O6. The zero-order valence-electron chi connectivity index (χ0n) is 23.5.